The molecule has 0 N–H and O–H groups in total. The monoisotopic (exact) mass is 402 g/mol. The van der Waals surface area contributed by atoms with E-state index in [1.165, 1.54) is 29.7 Å². The number of hydrogen-bond donors (Lipinski definition) is 0. The number of allylic oxidation sites excluding steroid dienone is 1. The van der Waals surface area contributed by atoms with Gasteiger partial charge in [-0.2, -0.15) is 0 Å². The first kappa shape index (κ1) is 16.4. The van der Waals surface area contributed by atoms with Crippen LogP contribution in [0.15, 0.2) is 69.1 Å². The van der Waals surface area contributed by atoms with Gasteiger partial charge in [0.1, 0.15) is 5.75 Å². The highest BCUT2D eigenvalue weighted by Crippen LogP contribution is 2.25. The lowest BCUT2D eigenvalue weighted by Crippen LogP contribution is -2.10. The summed E-state index contributed by atoms with van der Waals surface area (Å²) >= 11 is 4.86. The van der Waals surface area contributed by atoms with Crippen molar-refractivity contribution in [1.82, 2.24) is 0 Å². The number of thiophene rings is 1. The summed E-state index contributed by atoms with van der Waals surface area (Å²) in [6.07, 6.45) is 4.57. The number of esters is 1. The fourth-order valence-electron chi connectivity index (χ4n) is 1.96. The van der Waals surface area contributed by atoms with Crippen molar-refractivity contribution in [2.45, 2.75) is 0 Å². The molecule has 0 atom stereocenters. The van der Waals surface area contributed by atoms with Crippen LogP contribution in [0.2, 0.25) is 0 Å². The molecule has 3 aromatic rings. The molecule has 0 fully saturated rings. The van der Waals surface area contributed by atoms with Crippen LogP contribution in [-0.2, 0) is 0 Å². The Morgan fingerprint density at radius 2 is 2.04 bits per heavy atom. The zero-order valence-corrected chi connectivity index (χ0v) is 14.7. The fourth-order valence-corrected chi connectivity index (χ4v) is 2.94. The number of carbonyl (C=O) groups is 2. The number of carbonyl (C=O) groups excluding carboxylic acids is 2. The van der Waals surface area contributed by atoms with Gasteiger partial charge in [0.25, 0.3) is 0 Å². The third-order valence-corrected chi connectivity index (χ3v) is 4.41. The van der Waals surface area contributed by atoms with Gasteiger partial charge in [-0.05, 0) is 53.9 Å². The van der Waals surface area contributed by atoms with Crippen molar-refractivity contribution < 1.29 is 18.7 Å². The van der Waals surface area contributed by atoms with Gasteiger partial charge in [-0.15, -0.1) is 11.3 Å². The van der Waals surface area contributed by atoms with Crippen LogP contribution in [-0.4, -0.2) is 11.8 Å². The predicted octanol–water partition coefficient (Wildman–Crippen LogP) is 5.22. The Balaban J connectivity index is 1.85. The Hall–Kier alpha value is -2.44. The maximum Gasteiger partial charge on any atom is 0.379 e. The minimum Gasteiger partial charge on any atom is -0.457 e. The molecule has 0 aliphatic heterocycles. The molecule has 2 aromatic heterocycles. The molecule has 2 heterocycles. The number of ether oxygens (including phenoxy) is 1. The summed E-state index contributed by atoms with van der Waals surface area (Å²) in [5, 5.41) is 1.93. The molecule has 0 radical (unpaired) electrons. The Kier molecular flexibility index (Phi) is 5.08. The van der Waals surface area contributed by atoms with E-state index in [2.05, 4.69) is 15.9 Å². The Labute approximate surface area is 150 Å². The number of furan rings is 1. The summed E-state index contributed by atoms with van der Waals surface area (Å²) < 4.78 is 11.0. The molecular formula is C18H11BrO4S. The first-order valence-corrected chi connectivity index (χ1v) is 8.62. The maximum absolute atomic E-state index is 12.5. The molecule has 120 valence electrons. The van der Waals surface area contributed by atoms with E-state index in [1.807, 2.05) is 17.5 Å². The average Bonchev–Trinajstić information content (AvgIpc) is 3.27. The molecule has 24 heavy (non-hydrogen) atoms. The van der Waals surface area contributed by atoms with Gasteiger partial charge in [0.15, 0.2) is 5.78 Å². The van der Waals surface area contributed by atoms with Crippen LogP contribution < -0.4 is 4.74 Å². The van der Waals surface area contributed by atoms with Gasteiger partial charge < -0.3 is 9.15 Å². The lowest BCUT2D eigenvalue weighted by atomic mass is 10.1. The molecule has 0 saturated carbocycles. The van der Waals surface area contributed by atoms with Crippen molar-refractivity contribution in [3.63, 3.8) is 0 Å². The van der Waals surface area contributed by atoms with E-state index in [4.69, 9.17) is 9.15 Å². The van der Waals surface area contributed by atoms with Gasteiger partial charge in [-0.25, -0.2) is 4.79 Å². The summed E-state index contributed by atoms with van der Waals surface area (Å²) in [6, 6.07) is 11.8. The van der Waals surface area contributed by atoms with Crippen molar-refractivity contribution in [1.29, 1.82) is 0 Å². The first-order chi connectivity index (χ1) is 11.6. The number of ketones is 1. The minimum atomic E-state index is -0.654. The zero-order chi connectivity index (χ0) is 16.9. The van der Waals surface area contributed by atoms with E-state index >= 15 is 0 Å². The Bertz CT molecular complexity index is 880. The van der Waals surface area contributed by atoms with Gasteiger partial charge >= 0.3 is 5.97 Å². The highest BCUT2D eigenvalue weighted by atomic mass is 79.9. The second-order valence-corrected chi connectivity index (χ2v) is 6.62. The molecule has 0 amide bonds. The summed E-state index contributed by atoms with van der Waals surface area (Å²) in [4.78, 5) is 25.5. The fraction of sp³-hybridized carbons (Fsp3) is 0. The molecule has 1 aromatic carbocycles. The van der Waals surface area contributed by atoms with Crippen LogP contribution in [0, 0.1) is 0 Å². The number of halogens is 1. The molecule has 0 bridgehead atoms. The summed E-state index contributed by atoms with van der Waals surface area (Å²) in [5.74, 6) is -0.656. The van der Waals surface area contributed by atoms with E-state index in [0.29, 0.717) is 4.47 Å². The molecule has 6 heteroatoms. The van der Waals surface area contributed by atoms with Crippen LogP contribution in [0.3, 0.4) is 0 Å². The summed E-state index contributed by atoms with van der Waals surface area (Å²) in [7, 11) is 0. The maximum atomic E-state index is 12.5. The smallest absolute Gasteiger partial charge is 0.379 e. The lowest BCUT2D eigenvalue weighted by Gasteiger charge is -2.07. The molecule has 0 aliphatic rings. The average molecular weight is 403 g/mol. The Morgan fingerprint density at radius 3 is 2.75 bits per heavy atom. The van der Waals surface area contributed by atoms with Crippen LogP contribution in [0.5, 0.6) is 5.75 Å². The number of rotatable bonds is 5. The van der Waals surface area contributed by atoms with Crippen molar-refractivity contribution >= 4 is 45.1 Å². The van der Waals surface area contributed by atoms with Crippen molar-refractivity contribution in [2.24, 2.45) is 0 Å². The van der Waals surface area contributed by atoms with E-state index < -0.39 is 5.97 Å². The standard InChI is InChI=1S/C18H11BrO4S/c19-12-5-8-16(23-18(21)17-4-1-9-22-17)14(11-12)15(20)7-6-13-3-2-10-24-13/h1-11H. The molecular weight excluding hydrogens is 392 g/mol. The van der Waals surface area contributed by atoms with Gasteiger partial charge in [0, 0.05) is 9.35 Å². The van der Waals surface area contributed by atoms with Crippen LogP contribution in [0.1, 0.15) is 25.8 Å². The summed E-state index contributed by atoms with van der Waals surface area (Å²) in [6.45, 7) is 0. The third kappa shape index (κ3) is 3.90. The van der Waals surface area contributed by atoms with Gasteiger partial charge in [0.05, 0.1) is 11.8 Å². The summed E-state index contributed by atoms with van der Waals surface area (Å²) in [5.41, 5.74) is 0.289. The SMILES string of the molecule is O=C(Oc1ccc(Br)cc1C(=O)C=Cc1cccs1)c1ccco1. The topological polar surface area (TPSA) is 56.5 Å². The number of benzene rings is 1. The van der Waals surface area contributed by atoms with Gasteiger partial charge in [0.2, 0.25) is 5.76 Å². The van der Waals surface area contributed by atoms with Crippen molar-refractivity contribution in [3.05, 3.63) is 80.9 Å². The molecule has 0 unspecified atom stereocenters. The van der Waals surface area contributed by atoms with Crippen LogP contribution in [0.4, 0.5) is 0 Å². The number of hydrogen-bond acceptors (Lipinski definition) is 5. The molecule has 0 saturated heterocycles. The molecule has 0 aliphatic carbocycles. The van der Waals surface area contributed by atoms with E-state index in [0.717, 1.165) is 4.88 Å². The van der Waals surface area contributed by atoms with Crippen molar-refractivity contribution in [2.75, 3.05) is 0 Å². The van der Waals surface area contributed by atoms with E-state index in [9.17, 15) is 9.59 Å². The molecule has 0 spiro atoms. The van der Waals surface area contributed by atoms with E-state index in [1.54, 1.807) is 30.3 Å². The van der Waals surface area contributed by atoms with Crippen LogP contribution in [0.25, 0.3) is 6.08 Å². The van der Waals surface area contributed by atoms with Crippen molar-refractivity contribution in [3.8, 4) is 5.75 Å². The normalized spacial score (nSPS) is 10.9. The molecule has 3 rings (SSSR count). The minimum absolute atomic E-state index is 0.0745. The van der Waals surface area contributed by atoms with Crippen LogP contribution >= 0.6 is 27.3 Å². The highest BCUT2D eigenvalue weighted by molar-refractivity contribution is 9.10. The first-order valence-electron chi connectivity index (χ1n) is 6.94. The quantitative estimate of drug-likeness (QED) is 0.254. The second kappa shape index (κ2) is 7.42. The lowest BCUT2D eigenvalue weighted by molar-refractivity contribution is 0.0700. The van der Waals surface area contributed by atoms with E-state index in [-0.39, 0.29) is 22.9 Å². The van der Waals surface area contributed by atoms with Gasteiger partial charge in [-0.1, -0.05) is 22.0 Å². The highest BCUT2D eigenvalue weighted by Gasteiger charge is 2.17. The third-order valence-electron chi connectivity index (χ3n) is 3.07. The zero-order valence-electron chi connectivity index (χ0n) is 12.3. The Morgan fingerprint density at radius 1 is 1.17 bits per heavy atom. The second-order valence-electron chi connectivity index (χ2n) is 4.72. The van der Waals surface area contributed by atoms with Gasteiger partial charge in [-0.3, -0.25) is 4.79 Å². The predicted molar refractivity (Wildman–Crippen MR) is 95.5 cm³/mol. The molecule has 4 nitrogen and oxygen atoms in total. The largest absolute Gasteiger partial charge is 0.457 e.